The lowest BCUT2D eigenvalue weighted by atomic mass is 10.2. The molecule has 2 aromatic carbocycles. The van der Waals surface area contributed by atoms with Crippen LogP contribution >= 0.6 is 0 Å². The van der Waals surface area contributed by atoms with E-state index in [1.807, 2.05) is 31.2 Å². The van der Waals surface area contributed by atoms with Crippen molar-refractivity contribution in [1.82, 2.24) is 0 Å². The predicted molar refractivity (Wildman–Crippen MR) is 92.2 cm³/mol. The monoisotopic (exact) mass is 312 g/mol. The van der Waals surface area contributed by atoms with Crippen LogP contribution in [0.2, 0.25) is 0 Å². The zero-order valence-corrected chi connectivity index (χ0v) is 13.9. The molecule has 2 aromatic rings. The van der Waals surface area contributed by atoms with Crippen LogP contribution < -0.4 is 9.47 Å². The van der Waals surface area contributed by atoms with E-state index in [1.54, 1.807) is 24.3 Å². The van der Waals surface area contributed by atoms with E-state index in [4.69, 9.17) is 9.47 Å². The van der Waals surface area contributed by atoms with Crippen molar-refractivity contribution in [3.05, 3.63) is 59.7 Å². The van der Waals surface area contributed by atoms with Gasteiger partial charge in [-0.25, -0.2) is 4.79 Å². The van der Waals surface area contributed by atoms with Crippen LogP contribution in [0.5, 0.6) is 11.5 Å². The van der Waals surface area contributed by atoms with Crippen LogP contribution in [0.15, 0.2) is 48.5 Å². The second-order valence-electron chi connectivity index (χ2n) is 5.64. The molecule has 0 saturated heterocycles. The van der Waals surface area contributed by atoms with E-state index in [0.717, 1.165) is 17.7 Å². The molecule has 3 nitrogen and oxygen atoms in total. The normalized spacial score (nSPS) is 10.3. The fraction of sp³-hybridized carbons (Fsp3) is 0.350. The summed E-state index contributed by atoms with van der Waals surface area (Å²) in [6.07, 6.45) is 4.72. The molecular formula is C20H24O3. The molecule has 0 aliphatic heterocycles. The van der Waals surface area contributed by atoms with Gasteiger partial charge in [0.05, 0.1) is 12.2 Å². The van der Waals surface area contributed by atoms with Gasteiger partial charge >= 0.3 is 5.97 Å². The summed E-state index contributed by atoms with van der Waals surface area (Å²) in [4.78, 5) is 12.1. The zero-order valence-electron chi connectivity index (χ0n) is 13.9. The fourth-order valence-electron chi connectivity index (χ4n) is 2.18. The Labute approximate surface area is 138 Å². The summed E-state index contributed by atoms with van der Waals surface area (Å²) >= 11 is 0. The molecule has 0 radical (unpaired) electrons. The number of aryl methyl sites for hydroxylation is 1. The Morgan fingerprint density at radius 1 is 0.870 bits per heavy atom. The number of benzene rings is 2. The number of rotatable bonds is 8. The first-order valence-corrected chi connectivity index (χ1v) is 8.21. The molecular weight excluding hydrogens is 288 g/mol. The molecule has 0 N–H and O–H groups in total. The van der Waals surface area contributed by atoms with Gasteiger partial charge in [0, 0.05) is 0 Å². The lowest BCUT2D eigenvalue weighted by Crippen LogP contribution is -2.08. The first-order valence-electron chi connectivity index (χ1n) is 8.21. The van der Waals surface area contributed by atoms with Crippen molar-refractivity contribution < 1.29 is 14.3 Å². The quantitative estimate of drug-likeness (QED) is 0.383. The summed E-state index contributed by atoms with van der Waals surface area (Å²) in [6.45, 7) is 4.90. The lowest BCUT2D eigenvalue weighted by Gasteiger charge is -2.07. The molecule has 0 fully saturated rings. The number of carbonyl (C=O) groups is 1. The number of unbranched alkanes of at least 4 members (excludes halogenated alkanes) is 3. The van der Waals surface area contributed by atoms with Gasteiger partial charge in [-0.1, -0.05) is 43.9 Å². The molecule has 0 amide bonds. The van der Waals surface area contributed by atoms with Crippen molar-refractivity contribution in [2.45, 2.75) is 39.5 Å². The van der Waals surface area contributed by atoms with Crippen LogP contribution in [-0.2, 0) is 0 Å². The molecule has 0 aromatic heterocycles. The van der Waals surface area contributed by atoms with Gasteiger partial charge in [0.2, 0.25) is 0 Å². The maximum absolute atomic E-state index is 12.1. The molecule has 3 heteroatoms. The second kappa shape index (κ2) is 8.99. The fourth-order valence-corrected chi connectivity index (χ4v) is 2.18. The molecule has 0 aliphatic rings. The Morgan fingerprint density at radius 3 is 2.17 bits per heavy atom. The van der Waals surface area contributed by atoms with Crippen LogP contribution in [0.25, 0.3) is 0 Å². The van der Waals surface area contributed by atoms with E-state index in [-0.39, 0.29) is 5.97 Å². The molecule has 0 bridgehead atoms. The van der Waals surface area contributed by atoms with E-state index in [2.05, 4.69) is 6.92 Å². The second-order valence-corrected chi connectivity index (χ2v) is 5.64. The zero-order chi connectivity index (χ0) is 16.5. The van der Waals surface area contributed by atoms with E-state index in [1.165, 1.54) is 19.3 Å². The standard InChI is InChI=1S/C20H24O3/c1-3-4-5-6-15-22-18-13-9-17(10-14-18)20(21)23-19-11-7-16(2)8-12-19/h7-14H,3-6,15H2,1-2H3. The number of ether oxygens (including phenoxy) is 2. The minimum absolute atomic E-state index is 0.358. The highest BCUT2D eigenvalue weighted by atomic mass is 16.5. The van der Waals surface area contributed by atoms with Gasteiger partial charge in [-0.15, -0.1) is 0 Å². The van der Waals surface area contributed by atoms with Crippen molar-refractivity contribution in [2.24, 2.45) is 0 Å². The van der Waals surface area contributed by atoms with Crippen LogP contribution in [0, 0.1) is 6.92 Å². The van der Waals surface area contributed by atoms with Gasteiger partial charge in [-0.3, -0.25) is 0 Å². The van der Waals surface area contributed by atoms with Crippen LogP contribution in [0.1, 0.15) is 48.5 Å². The maximum atomic E-state index is 12.1. The van der Waals surface area contributed by atoms with Gasteiger partial charge < -0.3 is 9.47 Å². The molecule has 0 heterocycles. The number of carbonyl (C=O) groups excluding carboxylic acids is 1. The highest BCUT2D eigenvalue weighted by Crippen LogP contribution is 2.17. The third kappa shape index (κ3) is 5.78. The Balaban J connectivity index is 1.83. The van der Waals surface area contributed by atoms with Crippen molar-refractivity contribution in [3.63, 3.8) is 0 Å². The summed E-state index contributed by atoms with van der Waals surface area (Å²) in [6, 6.07) is 14.5. The van der Waals surface area contributed by atoms with Gasteiger partial charge in [0.15, 0.2) is 0 Å². The molecule has 0 unspecified atom stereocenters. The molecule has 122 valence electrons. The van der Waals surface area contributed by atoms with Crippen LogP contribution in [-0.4, -0.2) is 12.6 Å². The van der Waals surface area contributed by atoms with Crippen molar-refractivity contribution in [3.8, 4) is 11.5 Å². The first kappa shape index (κ1) is 17.1. The Hall–Kier alpha value is -2.29. The predicted octanol–water partition coefficient (Wildman–Crippen LogP) is 5.17. The highest BCUT2D eigenvalue weighted by Gasteiger charge is 2.08. The van der Waals surface area contributed by atoms with Crippen LogP contribution in [0.3, 0.4) is 0 Å². The van der Waals surface area contributed by atoms with Crippen molar-refractivity contribution in [1.29, 1.82) is 0 Å². The topological polar surface area (TPSA) is 35.5 Å². The smallest absolute Gasteiger partial charge is 0.343 e. The molecule has 2 rings (SSSR count). The average molecular weight is 312 g/mol. The molecule has 0 atom stereocenters. The minimum atomic E-state index is -0.358. The van der Waals surface area contributed by atoms with Crippen molar-refractivity contribution >= 4 is 5.97 Å². The summed E-state index contributed by atoms with van der Waals surface area (Å²) < 4.78 is 11.0. The number of hydrogen-bond donors (Lipinski definition) is 0. The first-order chi connectivity index (χ1) is 11.2. The number of esters is 1. The SMILES string of the molecule is CCCCCCOc1ccc(C(=O)Oc2ccc(C)cc2)cc1. The van der Waals surface area contributed by atoms with E-state index >= 15 is 0 Å². The van der Waals surface area contributed by atoms with Gasteiger partial charge in [0.25, 0.3) is 0 Å². The van der Waals surface area contributed by atoms with Gasteiger partial charge in [-0.05, 0) is 49.7 Å². The largest absolute Gasteiger partial charge is 0.494 e. The average Bonchev–Trinajstić information content (AvgIpc) is 2.57. The molecule has 0 spiro atoms. The molecule has 0 saturated carbocycles. The van der Waals surface area contributed by atoms with E-state index in [9.17, 15) is 4.79 Å². The summed E-state index contributed by atoms with van der Waals surface area (Å²) in [7, 11) is 0. The minimum Gasteiger partial charge on any atom is -0.494 e. The van der Waals surface area contributed by atoms with E-state index in [0.29, 0.717) is 17.9 Å². The van der Waals surface area contributed by atoms with Crippen molar-refractivity contribution in [2.75, 3.05) is 6.61 Å². The Bertz CT molecular complexity index is 600. The van der Waals surface area contributed by atoms with Gasteiger partial charge in [0.1, 0.15) is 11.5 Å². The van der Waals surface area contributed by atoms with Crippen LogP contribution in [0.4, 0.5) is 0 Å². The Morgan fingerprint density at radius 2 is 1.52 bits per heavy atom. The third-order valence-electron chi connectivity index (χ3n) is 3.59. The maximum Gasteiger partial charge on any atom is 0.343 e. The molecule has 0 aliphatic carbocycles. The number of hydrogen-bond acceptors (Lipinski definition) is 3. The third-order valence-corrected chi connectivity index (χ3v) is 3.59. The molecule has 23 heavy (non-hydrogen) atoms. The summed E-state index contributed by atoms with van der Waals surface area (Å²) in [5.74, 6) is 0.980. The Kier molecular flexibility index (Phi) is 6.67. The highest BCUT2D eigenvalue weighted by molar-refractivity contribution is 5.91. The van der Waals surface area contributed by atoms with Gasteiger partial charge in [-0.2, -0.15) is 0 Å². The summed E-state index contributed by atoms with van der Waals surface area (Å²) in [5.41, 5.74) is 1.65. The summed E-state index contributed by atoms with van der Waals surface area (Å²) in [5, 5.41) is 0. The van der Waals surface area contributed by atoms with E-state index < -0.39 is 0 Å². The lowest BCUT2D eigenvalue weighted by molar-refractivity contribution is 0.0734.